The largest absolute Gasteiger partial charge is 0.322 e. The maximum Gasteiger partial charge on any atom is 0.0605 e. The summed E-state index contributed by atoms with van der Waals surface area (Å²) in [5.74, 6) is 0. The van der Waals surface area contributed by atoms with Crippen LogP contribution in [-0.2, 0) is 6.54 Å². The van der Waals surface area contributed by atoms with Crippen LogP contribution in [0.3, 0.4) is 0 Å². The Morgan fingerprint density at radius 2 is 1.82 bits per heavy atom. The van der Waals surface area contributed by atoms with Crippen LogP contribution in [0.1, 0.15) is 28.6 Å². The van der Waals surface area contributed by atoms with Crippen molar-refractivity contribution in [3.8, 4) is 0 Å². The summed E-state index contributed by atoms with van der Waals surface area (Å²) in [4.78, 5) is 0. The van der Waals surface area contributed by atoms with Gasteiger partial charge >= 0.3 is 0 Å². The van der Waals surface area contributed by atoms with Gasteiger partial charge in [0.2, 0.25) is 0 Å². The van der Waals surface area contributed by atoms with Crippen LogP contribution < -0.4 is 5.73 Å². The van der Waals surface area contributed by atoms with Gasteiger partial charge in [-0.25, -0.2) is 0 Å². The predicted molar refractivity (Wildman–Crippen MR) is 69.8 cm³/mol. The highest BCUT2D eigenvalue weighted by atomic mass is 15.3. The minimum Gasteiger partial charge on any atom is -0.322 e. The van der Waals surface area contributed by atoms with E-state index in [2.05, 4.69) is 49.3 Å². The Balaban J connectivity index is 2.13. The van der Waals surface area contributed by atoms with Gasteiger partial charge in [-0.15, -0.1) is 0 Å². The van der Waals surface area contributed by atoms with Crippen LogP contribution in [0.2, 0.25) is 0 Å². The molecule has 1 aromatic carbocycles. The first kappa shape index (κ1) is 11.9. The van der Waals surface area contributed by atoms with Crippen LogP contribution in [0.25, 0.3) is 0 Å². The molecule has 1 aromatic heterocycles. The number of rotatable bonds is 3. The Morgan fingerprint density at radius 1 is 1.18 bits per heavy atom. The molecule has 0 amide bonds. The third-order valence-electron chi connectivity index (χ3n) is 2.98. The van der Waals surface area contributed by atoms with Crippen molar-refractivity contribution in [2.24, 2.45) is 5.73 Å². The SMILES string of the molecule is Cc1ccc(C(N)Cn2nc(C)cc2C)cc1. The van der Waals surface area contributed by atoms with E-state index in [0.29, 0.717) is 0 Å². The summed E-state index contributed by atoms with van der Waals surface area (Å²) >= 11 is 0. The Labute approximate surface area is 102 Å². The van der Waals surface area contributed by atoms with Gasteiger partial charge in [0.1, 0.15) is 0 Å². The lowest BCUT2D eigenvalue weighted by Gasteiger charge is -2.13. The molecule has 0 aliphatic carbocycles. The summed E-state index contributed by atoms with van der Waals surface area (Å²) in [6.07, 6.45) is 0. The van der Waals surface area contributed by atoms with E-state index in [1.807, 2.05) is 11.6 Å². The second kappa shape index (κ2) is 4.72. The van der Waals surface area contributed by atoms with Gasteiger partial charge in [-0.2, -0.15) is 5.10 Å². The summed E-state index contributed by atoms with van der Waals surface area (Å²) in [7, 11) is 0. The van der Waals surface area contributed by atoms with Gasteiger partial charge in [0, 0.05) is 11.7 Å². The van der Waals surface area contributed by atoms with Gasteiger partial charge in [-0.1, -0.05) is 29.8 Å². The third kappa shape index (κ3) is 2.74. The zero-order valence-electron chi connectivity index (χ0n) is 10.6. The molecule has 0 bridgehead atoms. The van der Waals surface area contributed by atoms with E-state index in [1.54, 1.807) is 0 Å². The number of benzene rings is 1. The fourth-order valence-electron chi connectivity index (χ4n) is 1.97. The van der Waals surface area contributed by atoms with E-state index >= 15 is 0 Å². The zero-order chi connectivity index (χ0) is 12.4. The molecular formula is C14H19N3. The lowest BCUT2D eigenvalue weighted by molar-refractivity contribution is 0.515. The predicted octanol–water partition coefficient (Wildman–Crippen LogP) is 2.51. The van der Waals surface area contributed by atoms with Crippen molar-refractivity contribution in [3.63, 3.8) is 0 Å². The van der Waals surface area contributed by atoms with Crippen LogP contribution in [-0.4, -0.2) is 9.78 Å². The molecule has 0 radical (unpaired) electrons. The van der Waals surface area contributed by atoms with E-state index in [4.69, 9.17) is 5.73 Å². The highest BCUT2D eigenvalue weighted by molar-refractivity contribution is 5.24. The van der Waals surface area contributed by atoms with Crippen LogP contribution in [0.4, 0.5) is 0 Å². The molecule has 2 aromatic rings. The van der Waals surface area contributed by atoms with Crippen molar-refractivity contribution < 1.29 is 0 Å². The van der Waals surface area contributed by atoms with Gasteiger partial charge in [0.25, 0.3) is 0 Å². The molecule has 0 saturated carbocycles. The molecule has 3 heteroatoms. The van der Waals surface area contributed by atoms with Crippen molar-refractivity contribution in [1.82, 2.24) is 9.78 Å². The summed E-state index contributed by atoms with van der Waals surface area (Å²) in [6, 6.07) is 10.4. The summed E-state index contributed by atoms with van der Waals surface area (Å²) in [6.45, 7) is 6.86. The Hall–Kier alpha value is -1.61. The molecule has 0 aliphatic heterocycles. The van der Waals surface area contributed by atoms with E-state index in [-0.39, 0.29) is 6.04 Å². The van der Waals surface area contributed by atoms with Gasteiger partial charge in [0.15, 0.2) is 0 Å². The first-order valence-electron chi connectivity index (χ1n) is 5.89. The Morgan fingerprint density at radius 3 is 2.35 bits per heavy atom. The first-order chi connectivity index (χ1) is 8.06. The van der Waals surface area contributed by atoms with E-state index < -0.39 is 0 Å². The Bertz CT molecular complexity index is 497. The highest BCUT2D eigenvalue weighted by Crippen LogP contribution is 2.14. The minimum absolute atomic E-state index is 0.00593. The standard InChI is InChI=1S/C14H19N3/c1-10-4-6-13(7-5-10)14(15)9-17-12(3)8-11(2)16-17/h4-8,14H,9,15H2,1-3H3. The number of aryl methyl sites for hydroxylation is 3. The number of hydrogen-bond acceptors (Lipinski definition) is 2. The number of aromatic nitrogens is 2. The van der Waals surface area contributed by atoms with Crippen molar-refractivity contribution in [1.29, 1.82) is 0 Å². The second-order valence-corrected chi connectivity index (χ2v) is 4.63. The molecule has 0 saturated heterocycles. The molecule has 0 aliphatic rings. The fraction of sp³-hybridized carbons (Fsp3) is 0.357. The van der Waals surface area contributed by atoms with E-state index in [9.17, 15) is 0 Å². The first-order valence-corrected chi connectivity index (χ1v) is 5.89. The topological polar surface area (TPSA) is 43.8 Å². The smallest absolute Gasteiger partial charge is 0.0605 e. The summed E-state index contributed by atoms with van der Waals surface area (Å²) in [5.41, 5.74) is 10.8. The second-order valence-electron chi connectivity index (χ2n) is 4.63. The maximum absolute atomic E-state index is 6.19. The van der Waals surface area contributed by atoms with Gasteiger partial charge in [0.05, 0.1) is 12.2 Å². The van der Waals surface area contributed by atoms with E-state index in [0.717, 1.165) is 23.5 Å². The maximum atomic E-state index is 6.19. The molecule has 3 nitrogen and oxygen atoms in total. The summed E-state index contributed by atoms with van der Waals surface area (Å²) in [5, 5.41) is 4.43. The van der Waals surface area contributed by atoms with Crippen molar-refractivity contribution >= 4 is 0 Å². The molecule has 0 fully saturated rings. The lowest BCUT2D eigenvalue weighted by Crippen LogP contribution is -2.19. The molecule has 90 valence electrons. The van der Waals surface area contributed by atoms with Crippen molar-refractivity contribution in [2.45, 2.75) is 33.4 Å². The van der Waals surface area contributed by atoms with Gasteiger partial charge in [-0.3, -0.25) is 4.68 Å². The monoisotopic (exact) mass is 229 g/mol. The normalized spacial score (nSPS) is 12.7. The molecule has 1 atom stereocenters. The van der Waals surface area contributed by atoms with Gasteiger partial charge in [-0.05, 0) is 32.4 Å². The van der Waals surface area contributed by atoms with Crippen LogP contribution in [0.5, 0.6) is 0 Å². The van der Waals surface area contributed by atoms with Gasteiger partial charge < -0.3 is 5.73 Å². The van der Waals surface area contributed by atoms with Crippen LogP contribution in [0, 0.1) is 20.8 Å². The number of nitrogens with zero attached hydrogens (tertiary/aromatic N) is 2. The zero-order valence-corrected chi connectivity index (χ0v) is 10.6. The Kier molecular flexibility index (Phi) is 3.29. The minimum atomic E-state index is -0.00593. The average Bonchev–Trinajstić information content (AvgIpc) is 2.58. The molecule has 0 spiro atoms. The lowest BCUT2D eigenvalue weighted by atomic mass is 10.1. The number of nitrogens with two attached hydrogens (primary N) is 1. The molecule has 2 N–H and O–H groups in total. The van der Waals surface area contributed by atoms with Crippen LogP contribution in [0.15, 0.2) is 30.3 Å². The summed E-state index contributed by atoms with van der Waals surface area (Å²) < 4.78 is 1.97. The fourth-order valence-corrected chi connectivity index (χ4v) is 1.97. The molecule has 1 heterocycles. The average molecular weight is 229 g/mol. The third-order valence-corrected chi connectivity index (χ3v) is 2.98. The van der Waals surface area contributed by atoms with Crippen molar-refractivity contribution in [3.05, 3.63) is 52.8 Å². The quantitative estimate of drug-likeness (QED) is 0.878. The highest BCUT2D eigenvalue weighted by Gasteiger charge is 2.09. The molecule has 1 unspecified atom stereocenters. The van der Waals surface area contributed by atoms with E-state index in [1.165, 1.54) is 5.56 Å². The van der Waals surface area contributed by atoms with Crippen molar-refractivity contribution in [2.75, 3.05) is 0 Å². The number of hydrogen-bond donors (Lipinski definition) is 1. The van der Waals surface area contributed by atoms with Crippen LogP contribution >= 0.6 is 0 Å². The molecule has 2 rings (SSSR count). The molecular weight excluding hydrogens is 210 g/mol. The molecule has 17 heavy (non-hydrogen) atoms.